The number of carbonyl (C=O) groups is 1. The first-order valence-corrected chi connectivity index (χ1v) is 11.0. The fourth-order valence-electron chi connectivity index (χ4n) is 4.38. The summed E-state index contributed by atoms with van der Waals surface area (Å²) in [5, 5.41) is 6.08. The number of rotatable bonds is 5. The first-order valence-electron chi connectivity index (χ1n) is 11.0. The zero-order valence-corrected chi connectivity index (χ0v) is 18.0. The largest absolute Gasteiger partial charge is 0.467 e. The Labute approximate surface area is 190 Å². The second kappa shape index (κ2) is 9.15. The molecule has 1 atom stereocenters. The first-order chi connectivity index (χ1) is 16.1. The van der Waals surface area contributed by atoms with Crippen LogP contribution in [0.2, 0.25) is 0 Å². The average Bonchev–Trinajstić information content (AvgIpc) is 3.51. The van der Waals surface area contributed by atoms with Gasteiger partial charge in [0, 0.05) is 32.6 Å². The average molecular weight is 450 g/mol. The molecule has 1 aromatic heterocycles. The minimum absolute atomic E-state index is 0.132. The molecule has 3 heterocycles. The molecule has 0 radical (unpaired) electrons. The highest BCUT2D eigenvalue weighted by molar-refractivity contribution is 6.03. The molecule has 1 saturated heterocycles. The van der Waals surface area contributed by atoms with Crippen LogP contribution < -0.4 is 4.90 Å². The molecule has 2 aliphatic heterocycles. The van der Waals surface area contributed by atoms with Crippen molar-refractivity contribution in [2.45, 2.75) is 12.5 Å². The summed E-state index contributed by atoms with van der Waals surface area (Å²) in [5.41, 5.74) is 2.09. The van der Waals surface area contributed by atoms with Gasteiger partial charge in [0.15, 0.2) is 0 Å². The van der Waals surface area contributed by atoms with E-state index in [1.165, 1.54) is 23.2 Å². The molecule has 0 bridgehead atoms. The number of halogens is 2. The maximum Gasteiger partial charge on any atom is 0.257 e. The smallest absolute Gasteiger partial charge is 0.257 e. The summed E-state index contributed by atoms with van der Waals surface area (Å²) in [6, 6.07) is 16.1. The summed E-state index contributed by atoms with van der Waals surface area (Å²) in [4.78, 5) is 17.3. The molecule has 0 N–H and O–H groups in total. The van der Waals surface area contributed by atoms with Crippen LogP contribution in [0.15, 0.2) is 76.4 Å². The molecule has 0 aliphatic carbocycles. The Morgan fingerprint density at radius 2 is 1.73 bits per heavy atom. The third-order valence-electron chi connectivity index (χ3n) is 6.14. The molecule has 5 rings (SSSR count). The van der Waals surface area contributed by atoms with Crippen molar-refractivity contribution in [1.29, 1.82) is 0 Å². The number of hydrazone groups is 1. The third-order valence-corrected chi connectivity index (χ3v) is 6.14. The lowest BCUT2D eigenvalue weighted by Gasteiger charge is -2.36. The van der Waals surface area contributed by atoms with Gasteiger partial charge >= 0.3 is 0 Å². The number of amides is 1. The van der Waals surface area contributed by atoms with Gasteiger partial charge in [-0.05, 0) is 42.0 Å². The number of piperazine rings is 1. The highest BCUT2D eigenvalue weighted by Gasteiger charge is 2.35. The van der Waals surface area contributed by atoms with Crippen LogP contribution in [0.5, 0.6) is 0 Å². The van der Waals surface area contributed by atoms with Crippen LogP contribution in [0.25, 0.3) is 0 Å². The Kier molecular flexibility index (Phi) is 5.92. The van der Waals surface area contributed by atoms with Crippen molar-refractivity contribution in [2.24, 2.45) is 5.10 Å². The lowest BCUT2D eigenvalue weighted by atomic mass is 10.0. The van der Waals surface area contributed by atoms with Crippen LogP contribution in [0.1, 0.15) is 23.8 Å². The number of anilines is 1. The normalized spacial score (nSPS) is 19.1. The van der Waals surface area contributed by atoms with Gasteiger partial charge in [-0.25, -0.2) is 13.8 Å². The van der Waals surface area contributed by atoms with Gasteiger partial charge in [0.05, 0.1) is 24.2 Å². The van der Waals surface area contributed by atoms with Crippen molar-refractivity contribution >= 4 is 17.3 Å². The molecule has 1 amide bonds. The predicted molar refractivity (Wildman–Crippen MR) is 121 cm³/mol. The van der Waals surface area contributed by atoms with E-state index in [1.54, 1.807) is 36.6 Å². The molecular formula is C25H24F2N4O2. The Bertz CT molecular complexity index is 1140. The molecule has 8 heteroatoms. The fraction of sp³-hybridized carbons (Fsp3) is 0.280. The number of carbonyl (C=O) groups excluding carboxylic acids is 1. The van der Waals surface area contributed by atoms with E-state index >= 15 is 0 Å². The molecule has 0 unspecified atom stereocenters. The Morgan fingerprint density at radius 3 is 2.42 bits per heavy atom. The Hall–Kier alpha value is -3.52. The van der Waals surface area contributed by atoms with E-state index in [1.807, 2.05) is 17.0 Å². The zero-order valence-electron chi connectivity index (χ0n) is 18.0. The highest BCUT2D eigenvalue weighted by Crippen LogP contribution is 2.33. The number of hydrogen-bond acceptors (Lipinski definition) is 5. The predicted octanol–water partition coefficient (Wildman–Crippen LogP) is 4.06. The second-order valence-electron chi connectivity index (χ2n) is 8.24. The molecule has 1 fully saturated rings. The zero-order chi connectivity index (χ0) is 22.8. The van der Waals surface area contributed by atoms with Gasteiger partial charge in [-0.2, -0.15) is 5.10 Å². The molecule has 0 saturated carbocycles. The SMILES string of the molecule is O=C(CN1CCN(c2ccccc2F)CC1)N1N=C(c2ccc(F)cc2)C[C@@H]1c1ccco1. The number of nitrogens with zero attached hydrogens (tertiary/aromatic N) is 4. The minimum Gasteiger partial charge on any atom is -0.467 e. The number of benzene rings is 2. The number of para-hydroxylation sites is 1. The molecule has 2 aromatic carbocycles. The minimum atomic E-state index is -0.341. The topological polar surface area (TPSA) is 52.3 Å². The first kappa shape index (κ1) is 21.3. The van der Waals surface area contributed by atoms with Crippen molar-refractivity contribution in [1.82, 2.24) is 9.91 Å². The number of hydrogen-bond donors (Lipinski definition) is 0. The molecule has 0 spiro atoms. The van der Waals surface area contributed by atoms with Crippen LogP contribution in [0, 0.1) is 11.6 Å². The number of furan rings is 1. The van der Waals surface area contributed by atoms with Crippen molar-refractivity contribution < 1.29 is 18.0 Å². The van der Waals surface area contributed by atoms with Gasteiger partial charge in [-0.1, -0.05) is 24.3 Å². The standard InChI is InChI=1S/C25H24F2N4O2/c26-19-9-7-18(8-10-19)21-16-23(24-6-3-15-33-24)31(28-21)25(32)17-29-11-13-30(14-12-29)22-5-2-1-4-20(22)27/h1-10,15,23H,11-14,16-17H2/t23-/m1/s1. The van der Waals surface area contributed by atoms with E-state index in [4.69, 9.17) is 4.42 Å². The van der Waals surface area contributed by atoms with E-state index in [0.29, 0.717) is 49.8 Å². The van der Waals surface area contributed by atoms with E-state index < -0.39 is 0 Å². The lowest BCUT2D eigenvalue weighted by Crippen LogP contribution is -2.49. The lowest BCUT2D eigenvalue weighted by molar-refractivity contribution is -0.134. The summed E-state index contributed by atoms with van der Waals surface area (Å²) >= 11 is 0. The fourth-order valence-corrected chi connectivity index (χ4v) is 4.38. The molecular weight excluding hydrogens is 426 g/mol. The summed E-state index contributed by atoms with van der Waals surface area (Å²) in [6.07, 6.45) is 2.07. The van der Waals surface area contributed by atoms with E-state index in [0.717, 1.165) is 5.56 Å². The van der Waals surface area contributed by atoms with Crippen LogP contribution in [-0.4, -0.2) is 54.3 Å². The maximum atomic E-state index is 14.1. The monoisotopic (exact) mass is 450 g/mol. The van der Waals surface area contributed by atoms with Gasteiger partial charge in [0.25, 0.3) is 5.91 Å². The van der Waals surface area contributed by atoms with Gasteiger partial charge in [0.1, 0.15) is 23.4 Å². The third kappa shape index (κ3) is 4.52. The maximum absolute atomic E-state index is 14.1. The Balaban J connectivity index is 1.28. The molecule has 170 valence electrons. The Morgan fingerprint density at radius 1 is 0.970 bits per heavy atom. The van der Waals surface area contributed by atoms with Gasteiger partial charge in [-0.3, -0.25) is 9.69 Å². The summed E-state index contributed by atoms with van der Waals surface area (Å²) < 4.78 is 33.0. The van der Waals surface area contributed by atoms with Gasteiger partial charge < -0.3 is 9.32 Å². The van der Waals surface area contributed by atoms with Gasteiger partial charge in [-0.15, -0.1) is 0 Å². The van der Waals surface area contributed by atoms with E-state index in [9.17, 15) is 13.6 Å². The van der Waals surface area contributed by atoms with Crippen LogP contribution in [-0.2, 0) is 4.79 Å². The summed E-state index contributed by atoms with van der Waals surface area (Å²) in [7, 11) is 0. The van der Waals surface area contributed by atoms with Crippen molar-refractivity contribution in [3.63, 3.8) is 0 Å². The molecule has 3 aromatic rings. The van der Waals surface area contributed by atoms with Crippen LogP contribution in [0.4, 0.5) is 14.5 Å². The van der Waals surface area contributed by atoms with Crippen molar-refractivity contribution in [3.05, 3.63) is 89.9 Å². The van der Waals surface area contributed by atoms with Gasteiger partial charge in [0.2, 0.25) is 0 Å². The summed E-state index contributed by atoms with van der Waals surface area (Å²) in [6.45, 7) is 2.78. The summed E-state index contributed by atoms with van der Waals surface area (Å²) in [5.74, 6) is -0.0214. The van der Waals surface area contributed by atoms with Crippen molar-refractivity contribution in [3.8, 4) is 0 Å². The van der Waals surface area contributed by atoms with E-state index in [2.05, 4.69) is 10.0 Å². The quantitative estimate of drug-likeness (QED) is 0.589. The molecule has 33 heavy (non-hydrogen) atoms. The van der Waals surface area contributed by atoms with Crippen molar-refractivity contribution in [2.75, 3.05) is 37.6 Å². The highest BCUT2D eigenvalue weighted by atomic mass is 19.1. The molecule has 2 aliphatic rings. The molecule has 6 nitrogen and oxygen atoms in total. The van der Waals surface area contributed by atoms with Crippen LogP contribution >= 0.6 is 0 Å². The van der Waals surface area contributed by atoms with E-state index in [-0.39, 0.29) is 30.1 Å². The van der Waals surface area contributed by atoms with Crippen LogP contribution in [0.3, 0.4) is 0 Å². The second-order valence-corrected chi connectivity index (χ2v) is 8.24.